The van der Waals surface area contributed by atoms with Gasteiger partial charge in [-0.05, 0) is 118 Å². The maximum absolute atomic E-state index is 15.3. The Morgan fingerprint density at radius 3 is 1.86 bits per heavy atom. The first kappa shape index (κ1) is 84.9. The van der Waals surface area contributed by atoms with Gasteiger partial charge in [-0.2, -0.15) is 0 Å². The Bertz CT molecular complexity index is 3560. The van der Waals surface area contributed by atoms with Crippen molar-refractivity contribution in [2.75, 3.05) is 43.1 Å². The van der Waals surface area contributed by atoms with E-state index in [-0.39, 0.29) is 54.8 Å². The molecule has 11 unspecified atom stereocenters. The molecule has 11 atom stereocenters. The number of thiocarbonyl (C=S) groups is 1. The summed E-state index contributed by atoms with van der Waals surface area (Å²) in [6.45, 7) is 13.5. The van der Waals surface area contributed by atoms with Gasteiger partial charge in [0.15, 0.2) is 5.11 Å². The van der Waals surface area contributed by atoms with Gasteiger partial charge >= 0.3 is 22.4 Å². The maximum atomic E-state index is 15.3. The summed E-state index contributed by atoms with van der Waals surface area (Å²) in [5, 5.41) is 95.1. The molecule has 1 aliphatic rings. The van der Waals surface area contributed by atoms with E-state index in [1.165, 1.54) is 13.8 Å². The van der Waals surface area contributed by atoms with Gasteiger partial charge in [-0.1, -0.05) is 157 Å². The number of hydrogen-bond acceptors (Lipinski definition) is 19. The van der Waals surface area contributed by atoms with Gasteiger partial charge in [-0.15, -0.1) is 18.2 Å². The molecule has 0 saturated carbocycles. The number of rotatable bonds is 29. The minimum absolute atomic E-state index is 0.00105. The fraction of sp³-hybridized carbons (Fsp3) is 0.486. The molecule has 2 heterocycles. The van der Waals surface area contributed by atoms with Gasteiger partial charge in [-0.25, -0.2) is 0 Å². The van der Waals surface area contributed by atoms with Crippen molar-refractivity contribution in [3.63, 3.8) is 0 Å². The number of carbonyl (C=O) groups excluding carboxylic acids is 7. The van der Waals surface area contributed by atoms with Crippen molar-refractivity contribution < 1.29 is 76.4 Å². The number of anilines is 1. The summed E-state index contributed by atoms with van der Waals surface area (Å²) in [4.78, 5) is 107. The van der Waals surface area contributed by atoms with Crippen LogP contribution in [0.4, 0.5) is 5.69 Å². The summed E-state index contributed by atoms with van der Waals surface area (Å²) in [6.07, 6.45) is -0.0234. The van der Waals surface area contributed by atoms with Crippen molar-refractivity contribution in [1.82, 2.24) is 47.5 Å². The molecule has 554 valence electrons. The van der Waals surface area contributed by atoms with Crippen molar-refractivity contribution in [3.8, 4) is 0 Å². The molecule has 5 aromatic rings. The van der Waals surface area contributed by atoms with E-state index in [1.807, 2.05) is 94.4 Å². The Balaban J connectivity index is 0.00000928. The second-order valence-corrected chi connectivity index (χ2v) is 28.9. The van der Waals surface area contributed by atoms with Crippen LogP contribution in [0.5, 0.6) is 0 Å². The molecule has 0 radical (unpaired) electrons. The van der Waals surface area contributed by atoms with Crippen LogP contribution >= 0.6 is 33.8 Å². The molecule has 4 aromatic carbocycles. The van der Waals surface area contributed by atoms with Crippen LogP contribution in [0.15, 0.2) is 126 Å². The van der Waals surface area contributed by atoms with E-state index >= 15 is 14.4 Å². The molecule has 1 aliphatic heterocycles. The summed E-state index contributed by atoms with van der Waals surface area (Å²) in [5.41, 5.74) is 9.23. The third-order valence-electron chi connectivity index (χ3n) is 17.4. The number of unbranched alkanes of at least 4 members (excludes halogenated alkanes) is 1. The normalized spacial score (nSPS) is 20.2. The minimum atomic E-state index is -1.72. The Labute approximate surface area is 618 Å². The van der Waals surface area contributed by atoms with Crippen LogP contribution in [0.2, 0.25) is 0 Å². The number of H-pyrrole nitrogens is 1. The van der Waals surface area contributed by atoms with Crippen LogP contribution in [0.25, 0.3) is 21.5 Å². The van der Waals surface area contributed by atoms with Crippen LogP contribution in [0.1, 0.15) is 96.9 Å². The predicted molar refractivity (Wildman–Crippen MR) is 398 cm³/mol. The molecule has 0 aliphatic carbocycles. The number of hydrogen-bond donors (Lipinski definition) is 15. The summed E-state index contributed by atoms with van der Waals surface area (Å²) in [6, 6.07) is 21.4. The average Bonchev–Trinajstić information content (AvgIpc) is 1.57. The number of benzene rings is 4. The molecule has 32 heteroatoms. The molecular formula is C70H96N15O13S3Tc. The monoisotopic (exact) mass is 1550 g/mol. The molecule has 7 amide bonds. The van der Waals surface area contributed by atoms with Gasteiger partial charge in [0, 0.05) is 59.3 Å². The van der Waals surface area contributed by atoms with E-state index in [0.29, 0.717) is 60.6 Å². The average molecular weight is 1550 g/mol. The van der Waals surface area contributed by atoms with Gasteiger partial charge in [0.1, 0.15) is 42.3 Å². The fourth-order valence-corrected chi connectivity index (χ4v) is 13.2. The summed E-state index contributed by atoms with van der Waals surface area (Å²) >= 11 is 6.79. The van der Waals surface area contributed by atoms with Crippen molar-refractivity contribution in [2.45, 2.75) is 172 Å². The molecule has 1 fully saturated rings. The number of nitrogens with one attached hydrogen (secondary N) is 10. The third kappa shape index (κ3) is 27.1. The molecule has 0 bridgehead atoms. The molecular weight excluding hydrogens is 1450 g/mol. The number of oxime groups is 1. The van der Waals surface area contributed by atoms with E-state index in [1.54, 1.807) is 62.5 Å². The topological polar surface area (TPSA) is 444 Å². The summed E-state index contributed by atoms with van der Waals surface area (Å²) in [5.74, 6) is -6.54. The van der Waals surface area contributed by atoms with Crippen molar-refractivity contribution in [2.24, 2.45) is 22.0 Å². The quantitative estimate of drug-likeness (QED) is 0.00789. The van der Waals surface area contributed by atoms with Crippen LogP contribution in [-0.2, 0) is 81.6 Å². The number of nitrogens with zero attached hydrogens (tertiary/aromatic N) is 4. The Kier molecular flexibility index (Phi) is 35.6. The second kappa shape index (κ2) is 42.7. The number of carbonyl (C=O) groups is 7. The zero-order valence-electron chi connectivity index (χ0n) is 58.4. The number of nitrogens with two attached hydrogens (primary N) is 1. The number of aromatic nitrogens is 1. The standard InChI is InChI=1S/C70H97N15O12S3.O.Tc/c1-41(87)57(38-86)79-66(94)59-40-100-99-39-58(80-63(91)55(33-46-21-13-10-14-22-46)82-68(98)75-50-28-26-47(27-29-50)31-48(35-73-69(5,6)43(3)84-96)36-74-70(7,8)44(4)85-97)65(93)77-54(32-45-19-11-9-12-20-45)62(90)78-56(34-49-37-72-52-24-16-15-23-51(49)52)64(92)76-53(25-17-18-30-71)61(89)83-60(42(2)88)67(95)81-59;;/h9-16,19-24,26-29,37,41-42,48,53-60,72,86-88,96-97H,17-18,25,30-36,38-40,71H2,1-8H3,(H,76,92)(H,77,93)(H,78,90)(H,79,94)(H,80,91)(H,81,95)(H,83,89)(H2,75,82,98);;/q-2;;+3/p-1/b84-43-,85-44+;;/i;;1+1. The van der Waals surface area contributed by atoms with Crippen molar-refractivity contribution in [3.05, 3.63) is 153 Å². The first-order chi connectivity index (χ1) is 48.6. The first-order valence-electron chi connectivity index (χ1n) is 33.4. The van der Waals surface area contributed by atoms with E-state index in [4.69, 9.17) is 32.1 Å². The third-order valence-corrected chi connectivity index (χ3v) is 20.0. The van der Waals surface area contributed by atoms with Gasteiger partial charge in [-0.3, -0.25) is 33.6 Å². The zero-order valence-corrected chi connectivity index (χ0v) is 62.8. The first-order valence-corrected chi connectivity index (χ1v) is 37.0. The molecule has 1 aromatic heterocycles. The van der Waals surface area contributed by atoms with Crippen LogP contribution in [0, 0.1) is 11.1 Å². The Morgan fingerprint density at radius 2 is 1.26 bits per heavy atom. The fourth-order valence-electron chi connectivity index (χ4n) is 10.6. The number of fused-ring (bicyclic) bond motifs is 1. The number of amides is 7. The summed E-state index contributed by atoms with van der Waals surface area (Å²) in [7, 11) is 2.01. The van der Waals surface area contributed by atoms with Gasteiger partial charge < -0.3 is 100 Å². The van der Waals surface area contributed by atoms with Gasteiger partial charge in [0.25, 0.3) is 0 Å². The number of para-hydroxylation sites is 1. The zero-order chi connectivity index (χ0) is 75.1. The van der Waals surface area contributed by atoms with Crippen LogP contribution in [-0.4, -0.2) is 193 Å². The number of aliphatic hydroxyl groups excluding tert-OH is 3. The Hall–Kier alpha value is -7.75. The Morgan fingerprint density at radius 1 is 0.706 bits per heavy atom. The van der Waals surface area contributed by atoms with Gasteiger partial charge in [0.05, 0.1) is 24.9 Å². The molecule has 102 heavy (non-hydrogen) atoms. The molecule has 6 rings (SSSR count). The molecule has 1 saturated heterocycles. The molecule has 16 N–H and O–H groups in total. The van der Waals surface area contributed by atoms with E-state index < -0.39 is 120 Å². The van der Waals surface area contributed by atoms with Crippen molar-refractivity contribution >= 4 is 108 Å². The molecule has 0 spiro atoms. The van der Waals surface area contributed by atoms with E-state index in [0.717, 1.165) is 62.5 Å². The van der Waals surface area contributed by atoms with E-state index in [9.17, 15) is 44.9 Å². The number of aliphatic hydroxyl groups is 3. The van der Waals surface area contributed by atoms with E-state index in [2.05, 4.69) is 63.1 Å². The molecule has 28 nitrogen and oxygen atoms in total. The van der Waals surface area contributed by atoms with Crippen LogP contribution < -0.4 is 53.6 Å². The summed E-state index contributed by atoms with van der Waals surface area (Å²) < 4.78 is 8.22. The van der Waals surface area contributed by atoms with Crippen LogP contribution in [0.3, 0.4) is 0 Å². The van der Waals surface area contributed by atoms with Gasteiger partial charge in [0.2, 0.25) is 41.4 Å². The van der Waals surface area contributed by atoms with Crippen molar-refractivity contribution in [1.29, 1.82) is 0 Å². The SMILES string of the molecule is C/C(=N/[O-])C(C)(C)[N-]CC(C[N-]C(C)(C)/C(C)=N/O)Cc1ccc(NC(=S)NC(Cc2ccccc2)C(=O)NC2CSSCC(C(=O)NC(CO)C(C)O)NC(=O)C(C(C)O)NC(=O)C(CCCCN)NC(=O)C(Cc3c[nH]c4ccccc34)NC(=O)C(Cc3ccccc3)NC2=O)cc1.[O]=[99Tc+3]. The predicted octanol–water partition coefficient (Wildman–Crippen LogP) is 4.37. The number of aromatic amines is 1. The second-order valence-electron chi connectivity index (χ2n) is 25.9.